The van der Waals surface area contributed by atoms with Crippen LogP contribution < -0.4 is 4.74 Å². The van der Waals surface area contributed by atoms with Gasteiger partial charge in [0.15, 0.2) is 0 Å². The average molecular weight is 527 g/mol. The zero-order valence-electron chi connectivity index (χ0n) is 21.9. The van der Waals surface area contributed by atoms with Crippen LogP contribution in [0.3, 0.4) is 0 Å². The number of hydrogen-bond donors (Lipinski definition) is 0. The second-order valence-electron chi connectivity index (χ2n) is 11.2. The molecule has 0 saturated heterocycles. The van der Waals surface area contributed by atoms with Gasteiger partial charge in [-0.15, -0.1) is 0 Å². The monoisotopic (exact) mass is 526 g/mol. The number of rotatable bonds is 10. The van der Waals surface area contributed by atoms with E-state index in [1.54, 1.807) is 24.3 Å². The molecule has 8 heteroatoms. The largest absolute Gasteiger partial charge is 0.489 e. The molecule has 0 aliphatic heterocycles. The zero-order valence-corrected chi connectivity index (χ0v) is 22.9. The molecule has 198 valence electrons. The van der Waals surface area contributed by atoms with Gasteiger partial charge in [-0.25, -0.2) is 4.39 Å². The van der Waals surface area contributed by atoms with Crippen molar-refractivity contribution in [3.05, 3.63) is 65.0 Å². The SMILES string of the molecule is CCCOC(=O)C1C2C(=O)CC(c3ccc(OCc4cccc(F)c4)cc32)C1C(=O)OCC[Si](C)(C)C. The van der Waals surface area contributed by atoms with Crippen LogP contribution in [0.15, 0.2) is 42.5 Å². The molecule has 4 unspecified atom stereocenters. The second kappa shape index (κ2) is 11.2. The van der Waals surface area contributed by atoms with E-state index in [2.05, 4.69) is 19.6 Å². The van der Waals surface area contributed by atoms with Gasteiger partial charge in [-0.3, -0.25) is 14.4 Å². The molecule has 1 saturated carbocycles. The van der Waals surface area contributed by atoms with E-state index in [4.69, 9.17) is 14.2 Å². The highest BCUT2D eigenvalue weighted by atomic mass is 28.3. The Kier molecular flexibility index (Phi) is 8.16. The first-order valence-corrected chi connectivity index (χ1v) is 16.7. The zero-order chi connectivity index (χ0) is 26.7. The van der Waals surface area contributed by atoms with E-state index in [1.165, 1.54) is 12.1 Å². The Morgan fingerprint density at radius 2 is 1.70 bits per heavy atom. The Labute approximate surface area is 218 Å². The number of halogens is 1. The third kappa shape index (κ3) is 6.12. The molecule has 4 atom stereocenters. The highest BCUT2D eigenvalue weighted by Crippen LogP contribution is 2.55. The summed E-state index contributed by atoms with van der Waals surface area (Å²) in [4.78, 5) is 39.8. The number of fused-ring (bicyclic) bond motifs is 2. The van der Waals surface area contributed by atoms with Gasteiger partial charge >= 0.3 is 11.9 Å². The molecule has 2 bridgehead atoms. The van der Waals surface area contributed by atoms with Gasteiger partial charge in [0, 0.05) is 20.4 Å². The van der Waals surface area contributed by atoms with Crippen LogP contribution >= 0.6 is 0 Å². The van der Waals surface area contributed by atoms with E-state index in [0.29, 0.717) is 29.9 Å². The fourth-order valence-electron chi connectivity index (χ4n) is 5.29. The summed E-state index contributed by atoms with van der Waals surface area (Å²) in [5.74, 6) is -3.82. The number of esters is 2. The van der Waals surface area contributed by atoms with Crippen molar-refractivity contribution >= 4 is 25.8 Å². The number of hydrogen-bond acceptors (Lipinski definition) is 6. The smallest absolute Gasteiger partial charge is 0.310 e. The highest BCUT2D eigenvalue weighted by molar-refractivity contribution is 6.76. The summed E-state index contributed by atoms with van der Waals surface area (Å²) < 4.78 is 30.6. The number of ketones is 1. The van der Waals surface area contributed by atoms with Gasteiger partial charge in [-0.05, 0) is 53.4 Å². The first-order chi connectivity index (χ1) is 17.6. The molecule has 0 aromatic heterocycles. The minimum Gasteiger partial charge on any atom is -0.489 e. The van der Waals surface area contributed by atoms with Crippen LogP contribution in [-0.2, 0) is 30.5 Å². The molecule has 5 rings (SSSR count). The van der Waals surface area contributed by atoms with E-state index in [1.807, 2.05) is 13.0 Å². The molecular formula is C29H35FO6Si. The summed E-state index contributed by atoms with van der Waals surface area (Å²) in [6.07, 6.45) is 0.826. The molecule has 6 nitrogen and oxygen atoms in total. The number of ether oxygens (including phenoxy) is 3. The van der Waals surface area contributed by atoms with Gasteiger partial charge in [-0.1, -0.05) is 44.8 Å². The predicted octanol–water partition coefficient (Wildman–Crippen LogP) is 5.63. The third-order valence-electron chi connectivity index (χ3n) is 7.12. The van der Waals surface area contributed by atoms with Gasteiger partial charge in [0.1, 0.15) is 24.0 Å². The predicted molar refractivity (Wildman–Crippen MR) is 140 cm³/mol. The van der Waals surface area contributed by atoms with Crippen molar-refractivity contribution in [2.75, 3.05) is 13.2 Å². The summed E-state index contributed by atoms with van der Waals surface area (Å²) in [5.41, 5.74) is 2.24. The van der Waals surface area contributed by atoms with E-state index >= 15 is 0 Å². The number of carbonyl (C=O) groups excluding carboxylic acids is 3. The molecule has 2 aromatic rings. The fraction of sp³-hybridized carbons (Fsp3) is 0.483. The summed E-state index contributed by atoms with van der Waals surface area (Å²) in [7, 11) is -1.41. The maximum Gasteiger partial charge on any atom is 0.310 e. The standard InChI is InChI=1S/C29H35FO6Si/c1-5-11-34-29(33)27-25-22-15-20(36-17-18-7-6-8-19(30)14-18)9-10-21(22)23(16-24(25)31)26(27)28(32)35-12-13-37(2,3)4/h6-10,14-15,23,25-27H,5,11-13,16-17H2,1-4H3. The number of Topliss-reactive ketones (excluding diaryl/α,β-unsaturated/α-hetero) is 1. The topological polar surface area (TPSA) is 78.9 Å². The Hall–Kier alpha value is -3.00. The second-order valence-corrected chi connectivity index (χ2v) is 16.8. The number of carbonyl (C=O) groups is 3. The molecule has 0 amide bonds. The van der Waals surface area contributed by atoms with Crippen LogP contribution in [-0.4, -0.2) is 39.0 Å². The maximum absolute atomic E-state index is 13.5. The molecule has 0 heterocycles. The Morgan fingerprint density at radius 1 is 0.973 bits per heavy atom. The van der Waals surface area contributed by atoms with Crippen LogP contribution in [0.2, 0.25) is 25.7 Å². The Morgan fingerprint density at radius 3 is 2.41 bits per heavy atom. The molecule has 37 heavy (non-hydrogen) atoms. The van der Waals surface area contributed by atoms with Crippen LogP contribution in [0.1, 0.15) is 48.3 Å². The number of benzene rings is 2. The van der Waals surface area contributed by atoms with E-state index < -0.39 is 43.7 Å². The molecule has 0 radical (unpaired) electrons. The Balaban J connectivity index is 1.62. The van der Waals surface area contributed by atoms with Crippen LogP contribution in [0, 0.1) is 17.7 Å². The minimum atomic E-state index is -1.41. The van der Waals surface area contributed by atoms with Crippen molar-refractivity contribution in [2.24, 2.45) is 11.8 Å². The van der Waals surface area contributed by atoms with Crippen molar-refractivity contribution in [3.63, 3.8) is 0 Å². The van der Waals surface area contributed by atoms with Crippen molar-refractivity contribution in [1.82, 2.24) is 0 Å². The normalized spacial score (nSPS) is 22.4. The van der Waals surface area contributed by atoms with Crippen LogP contribution in [0.25, 0.3) is 0 Å². The summed E-state index contributed by atoms with van der Waals surface area (Å²) >= 11 is 0. The molecule has 0 N–H and O–H groups in total. The average Bonchev–Trinajstić information content (AvgIpc) is 2.84. The van der Waals surface area contributed by atoms with Crippen LogP contribution in [0.5, 0.6) is 5.75 Å². The van der Waals surface area contributed by atoms with Gasteiger partial charge in [0.05, 0.1) is 31.0 Å². The highest BCUT2D eigenvalue weighted by Gasteiger charge is 2.57. The molecular weight excluding hydrogens is 491 g/mol. The lowest BCUT2D eigenvalue weighted by atomic mass is 9.55. The van der Waals surface area contributed by atoms with E-state index in [9.17, 15) is 18.8 Å². The van der Waals surface area contributed by atoms with Crippen molar-refractivity contribution in [2.45, 2.75) is 63.9 Å². The first kappa shape index (κ1) is 27.0. The lowest BCUT2D eigenvalue weighted by Gasteiger charge is -2.46. The first-order valence-electron chi connectivity index (χ1n) is 13.0. The van der Waals surface area contributed by atoms with Gasteiger partial charge in [0.2, 0.25) is 0 Å². The molecule has 3 aliphatic rings. The fourth-order valence-corrected chi connectivity index (χ4v) is 6.00. The molecule has 3 aliphatic carbocycles. The van der Waals surface area contributed by atoms with Gasteiger partial charge < -0.3 is 14.2 Å². The van der Waals surface area contributed by atoms with Crippen molar-refractivity contribution < 1.29 is 33.0 Å². The van der Waals surface area contributed by atoms with E-state index in [-0.39, 0.29) is 31.2 Å². The Bertz CT molecular complexity index is 1170. The summed E-state index contributed by atoms with van der Waals surface area (Å²) in [6, 6.07) is 12.4. The quantitative estimate of drug-likeness (QED) is 0.295. The van der Waals surface area contributed by atoms with Gasteiger partial charge in [0.25, 0.3) is 0 Å². The summed E-state index contributed by atoms with van der Waals surface area (Å²) in [5, 5.41) is 0. The van der Waals surface area contributed by atoms with Crippen molar-refractivity contribution in [3.8, 4) is 5.75 Å². The van der Waals surface area contributed by atoms with Crippen molar-refractivity contribution in [1.29, 1.82) is 0 Å². The molecule has 0 spiro atoms. The molecule has 2 aromatic carbocycles. The lowest BCUT2D eigenvalue weighted by Crippen LogP contribution is -2.50. The van der Waals surface area contributed by atoms with E-state index in [0.717, 1.165) is 11.6 Å². The lowest BCUT2D eigenvalue weighted by molar-refractivity contribution is -0.167. The maximum atomic E-state index is 13.5. The molecule has 1 fully saturated rings. The van der Waals surface area contributed by atoms with Gasteiger partial charge in [-0.2, -0.15) is 0 Å². The third-order valence-corrected chi connectivity index (χ3v) is 8.83. The minimum absolute atomic E-state index is 0.0793. The van der Waals surface area contributed by atoms with Crippen LogP contribution in [0.4, 0.5) is 4.39 Å². The summed E-state index contributed by atoms with van der Waals surface area (Å²) in [6.45, 7) is 9.21.